The molecule has 2 amide bonds. The van der Waals surface area contributed by atoms with Crippen molar-refractivity contribution in [1.29, 1.82) is 0 Å². The van der Waals surface area contributed by atoms with Crippen LogP contribution >= 0.6 is 0 Å². The average molecular weight is 198 g/mol. The minimum Gasteiger partial charge on any atom is -0.338 e. The van der Waals surface area contributed by atoms with Crippen LogP contribution in [0, 0.1) is 5.92 Å². The van der Waals surface area contributed by atoms with Crippen molar-refractivity contribution in [2.24, 2.45) is 5.92 Å². The number of rotatable bonds is 2. The van der Waals surface area contributed by atoms with Gasteiger partial charge in [0.15, 0.2) is 0 Å². The molecule has 0 heterocycles. The van der Waals surface area contributed by atoms with E-state index in [1.54, 1.807) is 0 Å². The molecule has 2 atom stereocenters. The third-order valence-electron chi connectivity index (χ3n) is 3.10. The number of nitrogens with zero attached hydrogens (tertiary/aromatic N) is 1. The lowest BCUT2D eigenvalue weighted by Crippen LogP contribution is -2.45. The second-order valence-electron chi connectivity index (χ2n) is 4.37. The highest BCUT2D eigenvalue weighted by Crippen LogP contribution is 2.26. The molecule has 3 nitrogen and oxygen atoms in total. The van der Waals surface area contributed by atoms with Crippen molar-refractivity contribution in [3.63, 3.8) is 0 Å². The van der Waals surface area contributed by atoms with Crippen molar-refractivity contribution in [2.75, 3.05) is 13.6 Å². The topological polar surface area (TPSA) is 32.3 Å². The molecular formula is C11H22N2O. The molecule has 0 aromatic rings. The van der Waals surface area contributed by atoms with E-state index in [1.807, 2.05) is 18.9 Å². The maximum absolute atomic E-state index is 11.6. The Morgan fingerprint density at radius 1 is 1.50 bits per heavy atom. The predicted molar refractivity (Wildman–Crippen MR) is 58.3 cm³/mol. The Labute approximate surface area is 86.9 Å². The van der Waals surface area contributed by atoms with Gasteiger partial charge in [-0.3, -0.25) is 0 Å². The number of hydrogen-bond acceptors (Lipinski definition) is 1. The summed E-state index contributed by atoms with van der Waals surface area (Å²) in [6.45, 7) is 4.94. The van der Waals surface area contributed by atoms with E-state index in [0.29, 0.717) is 12.6 Å². The van der Waals surface area contributed by atoms with Gasteiger partial charge in [-0.15, -0.1) is 0 Å². The van der Waals surface area contributed by atoms with E-state index in [-0.39, 0.29) is 6.03 Å². The van der Waals surface area contributed by atoms with E-state index in [4.69, 9.17) is 0 Å². The number of carbonyl (C=O) groups excluding carboxylic acids is 1. The normalized spacial score (nSPS) is 27.1. The van der Waals surface area contributed by atoms with Gasteiger partial charge in [-0.2, -0.15) is 0 Å². The van der Waals surface area contributed by atoms with Gasteiger partial charge in [0.2, 0.25) is 0 Å². The van der Waals surface area contributed by atoms with E-state index in [9.17, 15) is 4.79 Å². The highest BCUT2D eigenvalue weighted by Gasteiger charge is 2.24. The van der Waals surface area contributed by atoms with Crippen molar-refractivity contribution in [1.82, 2.24) is 10.2 Å². The third kappa shape index (κ3) is 2.89. The minimum absolute atomic E-state index is 0.0756. The fraction of sp³-hybridized carbons (Fsp3) is 0.909. The number of urea groups is 1. The summed E-state index contributed by atoms with van der Waals surface area (Å²) < 4.78 is 0. The smallest absolute Gasteiger partial charge is 0.317 e. The molecule has 3 heteroatoms. The zero-order chi connectivity index (χ0) is 10.6. The van der Waals surface area contributed by atoms with Gasteiger partial charge >= 0.3 is 6.03 Å². The molecule has 1 fully saturated rings. The first-order chi connectivity index (χ1) is 6.65. The lowest BCUT2D eigenvalue weighted by Gasteiger charge is -2.34. The maximum Gasteiger partial charge on any atom is 0.317 e. The highest BCUT2D eigenvalue weighted by molar-refractivity contribution is 5.74. The Morgan fingerprint density at radius 3 is 2.79 bits per heavy atom. The van der Waals surface area contributed by atoms with Gasteiger partial charge < -0.3 is 10.2 Å². The Morgan fingerprint density at radius 2 is 2.21 bits per heavy atom. The molecular weight excluding hydrogens is 176 g/mol. The van der Waals surface area contributed by atoms with Gasteiger partial charge in [-0.05, 0) is 25.7 Å². The van der Waals surface area contributed by atoms with Gasteiger partial charge in [-0.1, -0.05) is 19.8 Å². The third-order valence-corrected chi connectivity index (χ3v) is 3.10. The summed E-state index contributed by atoms with van der Waals surface area (Å²) in [5, 5.41) is 2.84. The largest absolute Gasteiger partial charge is 0.338 e. The van der Waals surface area contributed by atoms with Crippen molar-refractivity contribution >= 4 is 6.03 Å². The Hall–Kier alpha value is -0.730. The van der Waals surface area contributed by atoms with Crippen molar-refractivity contribution in [3.05, 3.63) is 0 Å². The number of amides is 2. The predicted octanol–water partition coefficient (Wildman–Crippen LogP) is 2.23. The molecule has 0 saturated heterocycles. The number of carbonyl (C=O) groups is 1. The van der Waals surface area contributed by atoms with Gasteiger partial charge in [0.1, 0.15) is 0 Å². The summed E-state index contributed by atoms with van der Waals surface area (Å²) >= 11 is 0. The molecule has 0 bridgehead atoms. The first-order valence-corrected chi connectivity index (χ1v) is 5.65. The maximum atomic E-state index is 11.6. The van der Waals surface area contributed by atoms with Crippen molar-refractivity contribution < 1.29 is 4.79 Å². The highest BCUT2D eigenvalue weighted by atomic mass is 16.2. The van der Waals surface area contributed by atoms with Crippen LogP contribution in [-0.2, 0) is 0 Å². The van der Waals surface area contributed by atoms with E-state index in [2.05, 4.69) is 12.2 Å². The lowest BCUT2D eigenvalue weighted by molar-refractivity contribution is 0.161. The van der Waals surface area contributed by atoms with E-state index in [1.165, 1.54) is 12.8 Å². The van der Waals surface area contributed by atoms with Crippen LogP contribution in [0.2, 0.25) is 0 Å². The molecule has 1 aliphatic rings. The van der Waals surface area contributed by atoms with Crippen LogP contribution in [0.1, 0.15) is 39.5 Å². The molecule has 0 radical (unpaired) electrons. The van der Waals surface area contributed by atoms with Crippen LogP contribution in [0.5, 0.6) is 0 Å². The van der Waals surface area contributed by atoms with Crippen LogP contribution < -0.4 is 5.32 Å². The lowest BCUT2D eigenvalue weighted by atomic mass is 9.86. The summed E-state index contributed by atoms with van der Waals surface area (Å²) in [4.78, 5) is 13.4. The van der Waals surface area contributed by atoms with Crippen LogP contribution in [0.25, 0.3) is 0 Å². The minimum atomic E-state index is 0.0756. The summed E-state index contributed by atoms with van der Waals surface area (Å²) in [5.41, 5.74) is 0. The molecule has 14 heavy (non-hydrogen) atoms. The van der Waals surface area contributed by atoms with Crippen molar-refractivity contribution in [2.45, 2.75) is 45.6 Å². The van der Waals surface area contributed by atoms with Gasteiger partial charge in [0.05, 0.1) is 0 Å². The van der Waals surface area contributed by atoms with E-state index in [0.717, 1.165) is 18.8 Å². The molecule has 0 aromatic carbocycles. The Kier molecular flexibility index (Phi) is 4.23. The van der Waals surface area contributed by atoms with Crippen LogP contribution in [0.15, 0.2) is 0 Å². The molecule has 1 aliphatic carbocycles. The Balaban J connectivity index is 2.42. The first-order valence-electron chi connectivity index (χ1n) is 5.65. The molecule has 1 N–H and O–H groups in total. The average Bonchev–Trinajstić information content (AvgIpc) is 2.17. The Bertz CT molecular complexity index is 194. The summed E-state index contributed by atoms with van der Waals surface area (Å²) in [5.74, 6) is 0.769. The van der Waals surface area contributed by atoms with Gasteiger partial charge in [0, 0.05) is 19.6 Å². The summed E-state index contributed by atoms with van der Waals surface area (Å²) in [6.07, 6.45) is 4.90. The monoisotopic (exact) mass is 198 g/mol. The molecule has 0 aliphatic heterocycles. The zero-order valence-corrected chi connectivity index (χ0v) is 9.55. The van der Waals surface area contributed by atoms with Crippen molar-refractivity contribution in [3.8, 4) is 0 Å². The second kappa shape index (κ2) is 5.23. The van der Waals surface area contributed by atoms with Crippen LogP contribution in [0.3, 0.4) is 0 Å². The molecule has 1 rings (SSSR count). The molecule has 0 aromatic heterocycles. The van der Waals surface area contributed by atoms with Gasteiger partial charge in [-0.25, -0.2) is 4.79 Å². The van der Waals surface area contributed by atoms with E-state index < -0.39 is 0 Å². The van der Waals surface area contributed by atoms with Crippen LogP contribution in [-0.4, -0.2) is 30.6 Å². The van der Waals surface area contributed by atoms with E-state index >= 15 is 0 Å². The van der Waals surface area contributed by atoms with Crippen LogP contribution in [0.4, 0.5) is 4.79 Å². The molecule has 0 spiro atoms. The van der Waals surface area contributed by atoms with Gasteiger partial charge in [0.25, 0.3) is 0 Å². The summed E-state index contributed by atoms with van der Waals surface area (Å²) in [6, 6.07) is 0.525. The fourth-order valence-electron chi connectivity index (χ4n) is 2.20. The molecule has 82 valence electrons. The standard InChI is InChI=1S/C11H22N2O/c1-4-12-11(14)13(3)10-7-5-6-9(2)8-10/h9-10H,4-8H2,1-3H3,(H,12,14). The summed E-state index contributed by atoms with van der Waals surface area (Å²) in [7, 11) is 1.91. The second-order valence-corrected chi connectivity index (χ2v) is 4.37. The quantitative estimate of drug-likeness (QED) is 0.725. The SMILES string of the molecule is CCNC(=O)N(C)C1CCCC(C)C1. The number of hydrogen-bond donors (Lipinski definition) is 1. The molecule has 1 saturated carbocycles. The fourth-order valence-corrected chi connectivity index (χ4v) is 2.20. The number of nitrogens with one attached hydrogen (secondary N) is 1. The molecule has 2 unspecified atom stereocenters. The first kappa shape index (κ1) is 11.3. The zero-order valence-electron chi connectivity index (χ0n) is 9.55.